The Bertz CT molecular complexity index is 919. The molecule has 1 N–H and O–H groups in total. The molecule has 1 aliphatic heterocycles. The number of anilines is 1. The van der Waals surface area contributed by atoms with Crippen molar-refractivity contribution in [3.05, 3.63) is 40.6 Å². The number of aryl methyl sites for hydroxylation is 1. The van der Waals surface area contributed by atoms with E-state index in [-0.39, 0.29) is 17.5 Å². The van der Waals surface area contributed by atoms with Gasteiger partial charge in [-0.2, -0.15) is 5.10 Å². The van der Waals surface area contributed by atoms with Crippen molar-refractivity contribution < 1.29 is 9.53 Å². The van der Waals surface area contributed by atoms with Gasteiger partial charge in [-0.3, -0.25) is 14.3 Å². The van der Waals surface area contributed by atoms with E-state index in [1.165, 1.54) is 17.5 Å². The Kier molecular flexibility index (Phi) is 6.22. The SMILES string of the molecule is COc1ccc(NC(=O)CN2CCC(c3nn(C)c(=O)n3C3CCCC3)CC2)cc1. The fourth-order valence-corrected chi connectivity index (χ4v) is 4.71. The highest BCUT2D eigenvalue weighted by molar-refractivity contribution is 5.92. The van der Waals surface area contributed by atoms with Crippen LogP contribution in [0.5, 0.6) is 5.75 Å². The number of aromatic nitrogens is 3. The number of carbonyl (C=O) groups is 1. The summed E-state index contributed by atoms with van der Waals surface area (Å²) in [5.74, 6) is 1.97. The van der Waals surface area contributed by atoms with E-state index in [0.29, 0.717) is 12.6 Å². The van der Waals surface area contributed by atoms with Gasteiger partial charge in [-0.15, -0.1) is 0 Å². The van der Waals surface area contributed by atoms with Crippen LogP contribution in [0, 0.1) is 0 Å². The first-order valence-corrected chi connectivity index (χ1v) is 10.9. The van der Waals surface area contributed by atoms with Gasteiger partial charge in [-0.05, 0) is 63.0 Å². The van der Waals surface area contributed by atoms with Gasteiger partial charge in [0.2, 0.25) is 5.91 Å². The van der Waals surface area contributed by atoms with Crippen LogP contribution in [0.25, 0.3) is 0 Å². The number of benzene rings is 1. The van der Waals surface area contributed by atoms with Crippen molar-refractivity contribution in [2.45, 2.75) is 50.5 Å². The number of nitrogens with one attached hydrogen (secondary N) is 1. The Labute approximate surface area is 176 Å². The molecule has 1 aromatic carbocycles. The molecule has 2 aromatic rings. The molecule has 1 amide bonds. The van der Waals surface area contributed by atoms with Crippen LogP contribution in [0.2, 0.25) is 0 Å². The summed E-state index contributed by atoms with van der Waals surface area (Å²) in [6.45, 7) is 2.03. The Morgan fingerprint density at radius 1 is 1.13 bits per heavy atom. The average Bonchev–Trinajstić information content (AvgIpc) is 3.37. The monoisotopic (exact) mass is 413 g/mol. The van der Waals surface area contributed by atoms with Gasteiger partial charge in [0.1, 0.15) is 11.6 Å². The van der Waals surface area contributed by atoms with Crippen LogP contribution < -0.4 is 15.7 Å². The number of piperidine rings is 1. The molecular formula is C22H31N5O3. The van der Waals surface area contributed by atoms with Crippen LogP contribution in [-0.2, 0) is 11.8 Å². The largest absolute Gasteiger partial charge is 0.497 e. The fraction of sp³-hybridized carbons (Fsp3) is 0.591. The molecule has 0 bridgehead atoms. The summed E-state index contributed by atoms with van der Waals surface area (Å²) in [6.07, 6.45) is 6.35. The highest BCUT2D eigenvalue weighted by Crippen LogP contribution is 2.33. The van der Waals surface area contributed by atoms with Crippen molar-refractivity contribution in [1.29, 1.82) is 0 Å². The Balaban J connectivity index is 1.33. The molecule has 1 aromatic heterocycles. The van der Waals surface area contributed by atoms with E-state index >= 15 is 0 Å². The zero-order valence-corrected chi connectivity index (χ0v) is 17.8. The molecule has 8 heteroatoms. The van der Waals surface area contributed by atoms with Crippen LogP contribution in [0.15, 0.2) is 29.1 Å². The van der Waals surface area contributed by atoms with Crippen LogP contribution in [0.3, 0.4) is 0 Å². The number of ether oxygens (including phenoxy) is 1. The highest BCUT2D eigenvalue weighted by atomic mass is 16.5. The lowest BCUT2D eigenvalue weighted by Crippen LogP contribution is -2.39. The normalized spacial score (nSPS) is 18.6. The molecule has 0 unspecified atom stereocenters. The zero-order chi connectivity index (χ0) is 21.1. The lowest BCUT2D eigenvalue weighted by Gasteiger charge is -2.31. The predicted octanol–water partition coefficient (Wildman–Crippen LogP) is 2.52. The molecule has 1 aliphatic carbocycles. The van der Waals surface area contributed by atoms with Crippen molar-refractivity contribution in [3.63, 3.8) is 0 Å². The number of methoxy groups -OCH3 is 1. The first-order chi connectivity index (χ1) is 14.5. The number of nitrogens with zero attached hydrogens (tertiary/aromatic N) is 4. The van der Waals surface area contributed by atoms with E-state index in [9.17, 15) is 9.59 Å². The van der Waals surface area contributed by atoms with Gasteiger partial charge in [0.25, 0.3) is 0 Å². The van der Waals surface area contributed by atoms with Gasteiger partial charge in [0, 0.05) is 24.7 Å². The van der Waals surface area contributed by atoms with E-state index in [1.807, 2.05) is 28.8 Å². The van der Waals surface area contributed by atoms with E-state index in [0.717, 1.165) is 56.0 Å². The average molecular weight is 414 g/mol. The first-order valence-electron chi connectivity index (χ1n) is 10.9. The summed E-state index contributed by atoms with van der Waals surface area (Å²) in [7, 11) is 3.37. The highest BCUT2D eigenvalue weighted by Gasteiger charge is 2.30. The number of hydrogen-bond acceptors (Lipinski definition) is 5. The van der Waals surface area contributed by atoms with E-state index < -0.39 is 0 Å². The van der Waals surface area contributed by atoms with Crippen LogP contribution in [0.1, 0.15) is 56.3 Å². The van der Waals surface area contributed by atoms with Crippen molar-refractivity contribution in [2.24, 2.45) is 7.05 Å². The molecular weight excluding hydrogens is 382 g/mol. The molecule has 162 valence electrons. The minimum atomic E-state index is -0.0145. The Morgan fingerprint density at radius 3 is 2.43 bits per heavy atom. The van der Waals surface area contributed by atoms with E-state index in [4.69, 9.17) is 4.74 Å². The second-order valence-electron chi connectivity index (χ2n) is 8.40. The number of likely N-dealkylation sites (tertiary alicyclic amines) is 1. The smallest absolute Gasteiger partial charge is 0.345 e. The molecule has 0 radical (unpaired) electrons. The summed E-state index contributed by atoms with van der Waals surface area (Å²) >= 11 is 0. The molecule has 30 heavy (non-hydrogen) atoms. The molecule has 2 heterocycles. The Hall–Kier alpha value is -2.61. The quantitative estimate of drug-likeness (QED) is 0.787. The minimum Gasteiger partial charge on any atom is -0.497 e. The number of hydrogen-bond donors (Lipinski definition) is 1. The molecule has 2 fully saturated rings. The van der Waals surface area contributed by atoms with Crippen LogP contribution in [-0.4, -0.2) is 51.9 Å². The maximum Gasteiger partial charge on any atom is 0.345 e. The fourth-order valence-electron chi connectivity index (χ4n) is 4.71. The summed E-state index contributed by atoms with van der Waals surface area (Å²) in [5, 5.41) is 7.54. The van der Waals surface area contributed by atoms with Crippen LogP contribution >= 0.6 is 0 Å². The summed E-state index contributed by atoms with van der Waals surface area (Å²) < 4.78 is 8.59. The van der Waals surface area contributed by atoms with Crippen molar-refractivity contribution in [1.82, 2.24) is 19.2 Å². The number of carbonyl (C=O) groups excluding carboxylic acids is 1. The lowest BCUT2D eigenvalue weighted by molar-refractivity contribution is -0.117. The summed E-state index contributed by atoms with van der Waals surface area (Å²) in [4.78, 5) is 27.2. The van der Waals surface area contributed by atoms with Crippen molar-refractivity contribution in [2.75, 3.05) is 32.1 Å². The van der Waals surface area contributed by atoms with E-state index in [1.54, 1.807) is 14.2 Å². The Morgan fingerprint density at radius 2 is 1.80 bits per heavy atom. The second kappa shape index (κ2) is 9.04. The summed E-state index contributed by atoms with van der Waals surface area (Å²) in [6, 6.07) is 7.64. The molecule has 0 atom stereocenters. The molecule has 4 rings (SSSR count). The topological polar surface area (TPSA) is 81.4 Å². The molecule has 2 aliphatic rings. The third kappa shape index (κ3) is 4.43. The summed E-state index contributed by atoms with van der Waals surface area (Å²) in [5.41, 5.74) is 0.781. The maximum atomic E-state index is 12.6. The van der Waals surface area contributed by atoms with Gasteiger partial charge >= 0.3 is 5.69 Å². The van der Waals surface area contributed by atoms with Crippen LogP contribution in [0.4, 0.5) is 5.69 Å². The van der Waals surface area contributed by atoms with Gasteiger partial charge in [-0.1, -0.05) is 12.8 Å². The molecule has 1 saturated heterocycles. The number of rotatable bonds is 6. The van der Waals surface area contributed by atoms with Gasteiger partial charge < -0.3 is 10.1 Å². The first kappa shape index (κ1) is 20.7. The standard InChI is InChI=1S/C22H31N5O3/c1-25-22(29)27(18-5-3-4-6-18)21(24-25)16-11-13-26(14-12-16)15-20(28)23-17-7-9-19(30-2)10-8-17/h7-10,16,18H,3-6,11-15H2,1-2H3,(H,23,28). The third-order valence-corrected chi connectivity index (χ3v) is 6.37. The van der Waals surface area contributed by atoms with Gasteiger partial charge in [0.15, 0.2) is 0 Å². The van der Waals surface area contributed by atoms with Crippen molar-refractivity contribution in [3.8, 4) is 5.75 Å². The van der Waals surface area contributed by atoms with Crippen molar-refractivity contribution >= 4 is 11.6 Å². The van der Waals surface area contributed by atoms with Gasteiger partial charge in [-0.25, -0.2) is 9.48 Å². The molecule has 1 saturated carbocycles. The van der Waals surface area contributed by atoms with E-state index in [2.05, 4.69) is 15.3 Å². The predicted molar refractivity (Wildman–Crippen MR) is 115 cm³/mol. The second-order valence-corrected chi connectivity index (χ2v) is 8.40. The maximum absolute atomic E-state index is 12.6. The molecule has 8 nitrogen and oxygen atoms in total. The van der Waals surface area contributed by atoms with Gasteiger partial charge in [0.05, 0.1) is 13.7 Å². The number of amides is 1. The zero-order valence-electron chi connectivity index (χ0n) is 17.8. The molecule has 0 spiro atoms. The minimum absolute atomic E-state index is 0.0122. The third-order valence-electron chi connectivity index (χ3n) is 6.37. The lowest BCUT2D eigenvalue weighted by atomic mass is 9.95.